The highest BCUT2D eigenvalue weighted by atomic mass is 15.2. The maximum absolute atomic E-state index is 7.92. The Balaban J connectivity index is 1.92. The van der Waals surface area contributed by atoms with E-state index in [1.165, 1.54) is 12.8 Å². The van der Waals surface area contributed by atoms with E-state index in [0.717, 1.165) is 36.2 Å². The number of H-pyrrole nitrogens is 1. The first-order valence-corrected chi connectivity index (χ1v) is 6.70. The summed E-state index contributed by atoms with van der Waals surface area (Å²) in [5, 5.41) is 11.7. The van der Waals surface area contributed by atoms with Gasteiger partial charge in [-0.3, -0.25) is 5.10 Å². The van der Waals surface area contributed by atoms with Crippen molar-refractivity contribution in [3.8, 4) is 0 Å². The highest BCUT2D eigenvalue weighted by Crippen LogP contribution is 2.26. The molecule has 2 heterocycles. The van der Waals surface area contributed by atoms with E-state index >= 15 is 0 Å². The predicted octanol–water partition coefficient (Wildman–Crippen LogP) is 2.14. The SMILES string of the molecule is [2H]c1cc(N2CCNC(CCC)C2)c2cn[nH]c2c1. The first-order valence-electron chi connectivity index (χ1n) is 7.20. The van der Waals surface area contributed by atoms with Gasteiger partial charge >= 0.3 is 0 Å². The molecule has 1 saturated heterocycles. The van der Waals surface area contributed by atoms with Crippen molar-refractivity contribution in [1.82, 2.24) is 15.5 Å². The Morgan fingerprint density at radius 1 is 1.56 bits per heavy atom. The minimum absolute atomic E-state index is 0.539. The zero-order valence-electron chi connectivity index (χ0n) is 11.7. The van der Waals surface area contributed by atoms with Crippen LogP contribution < -0.4 is 10.2 Å². The number of rotatable bonds is 3. The Kier molecular flexibility index (Phi) is 2.87. The molecular weight excluding hydrogens is 224 g/mol. The van der Waals surface area contributed by atoms with Crippen molar-refractivity contribution in [1.29, 1.82) is 0 Å². The molecule has 0 bridgehead atoms. The molecule has 0 aliphatic carbocycles. The molecule has 1 aromatic carbocycles. The fourth-order valence-electron chi connectivity index (χ4n) is 2.74. The van der Waals surface area contributed by atoms with Crippen molar-refractivity contribution in [2.75, 3.05) is 24.5 Å². The molecule has 2 aromatic rings. The number of nitrogens with zero attached hydrogens (tertiary/aromatic N) is 2. The summed E-state index contributed by atoms with van der Waals surface area (Å²) in [4.78, 5) is 2.38. The molecule has 18 heavy (non-hydrogen) atoms. The molecule has 1 fully saturated rings. The van der Waals surface area contributed by atoms with Gasteiger partial charge in [-0.1, -0.05) is 19.4 Å². The fraction of sp³-hybridized carbons (Fsp3) is 0.500. The number of hydrogen-bond donors (Lipinski definition) is 2. The second-order valence-electron chi connectivity index (χ2n) is 4.92. The van der Waals surface area contributed by atoms with E-state index < -0.39 is 0 Å². The van der Waals surface area contributed by atoms with Crippen LogP contribution in [0.3, 0.4) is 0 Å². The standard InChI is InChI=1S/C14H20N4/c1-2-4-11-10-18(8-7-15-11)14-6-3-5-13-12(14)9-16-17-13/h3,5-6,9,11,15H,2,4,7-8,10H2,1H3,(H,16,17)/i3D. The van der Waals surface area contributed by atoms with E-state index in [2.05, 4.69) is 27.3 Å². The van der Waals surface area contributed by atoms with Gasteiger partial charge in [-0.15, -0.1) is 0 Å². The van der Waals surface area contributed by atoms with Gasteiger partial charge in [0.1, 0.15) is 0 Å². The highest BCUT2D eigenvalue weighted by Gasteiger charge is 2.20. The number of hydrogen-bond acceptors (Lipinski definition) is 3. The lowest BCUT2D eigenvalue weighted by molar-refractivity contribution is 0.431. The number of nitrogens with one attached hydrogen (secondary N) is 2. The lowest BCUT2D eigenvalue weighted by Gasteiger charge is -2.35. The van der Waals surface area contributed by atoms with Gasteiger partial charge in [0, 0.05) is 36.7 Å². The van der Waals surface area contributed by atoms with Crippen LogP contribution in [-0.2, 0) is 0 Å². The summed E-state index contributed by atoms with van der Waals surface area (Å²) in [6.45, 7) is 5.23. The number of aromatic amines is 1. The lowest BCUT2D eigenvalue weighted by Crippen LogP contribution is -2.50. The lowest BCUT2D eigenvalue weighted by atomic mass is 10.1. The largest absolute Gasteiger partial charge is 0.368 e. The van der Waals surface area contributed by atoms with Crippen molar-refractivity contribution in [2.24, 2.45) is 0 Å². The Labute approximate surface area is 109 Å². The third kappa shape index (κ3) is 2.08. The van der Waals surface area contributed by atoms with Crippen molar-refractivity contribution in [3.05, 3.63) is 24.4 Å². The zero-order valence-corrected chi connectivity index (χ0v) is 10.7. The fourth-order valence-corrected chi connectivity index (χ4v) is 2.74. The normalized spacial score (nSPS) is 21.3. The molecule has 1 aliphatic rings. The summed E-state index contributed by atoms with van der Waals surface area (Å²) in [5.41, 5.74) is 2.09. The van der Waals surface area contributed by atoms with Gasteiger partial charge in [-0.25, -0.2) is 0 Å². The van der Waals surface area contributed by atoms with Gasteiger partial charge in [0.2, 0.25) is 0 Å². The monoisotopic (exact) mass is 245 g/mol. The van der Waals surface area contributed by atoms with E-state index in [1.54, 1.807) is 0 Å². The van der Waals surface area contributed by atoms with Crippen LogP contribution in [-0.4, -0.2) is 35.9 Å². The topological polar surface area (TPSA) is 44.0 Å². The van der Waals surface area contributed by atoms with Crippen LogP contribution in [0.1, 0.15) is 21.1 Å². The van der Waals surface area contributed by atoms with Gasteiger partial charge in [0.15, 0.2) is 0 Å². The van der Waals surface area contributed by atoms with E-state index in [0.29, 0.717) is 12.1 Å². The third-order valence-electron chi connectivity index (χ3n) is 3.63. The molecule has 96 valence electrons. The van der Waals surface area contributed by atoms with Crippen molar-refractivity contribution in [3.63, 3.8) is 0 Å². The second kappa shape index (κ2) is 4.98. The smallest absolute Gasteiger partial charge is 0.0671 e. The summed E-state index contributed by atoms with van der Waals surface area (Å²) in [6.07, 6.45) is 4.26. The van der Waals surface area contributed by atoms with Crippen LogP contribution in [0.4, 0.5) is 5.69 Å². The molecule has 0 spiro atoms. The zero-order chi connectivity index (χ0) is 13.2. The molecule has 1 atom stereocenters. The average molecular weight is 245 g/mol. The molecule has 2 N–H and O–H groups in total. The molecule has 0 amide bonds. The van der Waals surface area contributed by atoms with Crippen molar-refractivity contribution < 1.29 is 1.37 Å². The Morgan fingerprint density at radius 3 is 3.39 bits per heavy atom. The Morgan fingerprint density at radius 2 is 2.50 bits per heavy atom. The van der Waals surface area contributed by atoms with Gasteiger partial charge in [-0.2, -0.15) is 5.10 Å². The maximum atomic E-state index is 7.92. The number of benzene rings is 1. The number of fused-ring (bicyclic) bond motifs is 1. The number of anilines is 1. The quantitative estimate of drug-likeness (QED) is 0.870. The molecule has 0 radical (unpaired) electrons. The molecule has 4 nitrogen and oxygen atoms in total. The Bertz CT molecular complexity index is 564. The summed E-state index contributed by atoms with van der Waals surface area (Å²) in [5.74, 6) is 0. The number of piperazine rings is 1. The van der Waals surface area contributed by atoms with Gasteiger partial charge in [0.05, 0.1) is 13.1 Å². The Hall–Kier alpha value is -1.55. The average Bonchev–Trinajstić information content (AvgIpc) is 2.86. The highest BCUT2D eigenvalue weighted by molar-refractivity contribution is 5.91. The molecule has 1 aliphatic heterocycles. The molecule has 3 rings (SSSR count). The van der Waals surface area contributed by atoms with Crippen LogP contribution in [0.15, 0.2) is 24.4 Å². The van der Waals surface area contributed by atoms with Gasteiger partial charge in [-0.05, 0) is 18.6 Å². The van der Waals surface area contributed by atoms with E-state index in [1.807, 2.05) is 18.3 Å². The maximum Gasteiger partial charge on any atom is 0.0671 e. The van der Waals surface area contributed by atoms with Gasteiger partial charge in [0.25, 0.3) is 0 Å². The summed E-state index contributed by atoms with van der Waals surface area (Å²) < 4.78 is 7.92. The van der Waals surface area contributed by atoms with Gasteiger partial charge < -0.3 is 10.2 Å². The second-order valence-corrected chi connectivity index (χ2v) is 4.92. The van der Waals surface area contributed by atoms with E-state index in [-0.39, 0.29) is 0 Å². The van der Waals surface area contributed by atoms with E-state index in [4.69, 9.17) is 1.37 Å². The van der Waals surface area contributed by atoms with Crippen molar-refractivity contribution in [2.45, 2.75) is 25.8 Å². The third-order valence-corrected chi connectivity index (χ3v) is 3.63. The summed E-state index contributed by atoms with van der Waals surface area (Å²) in [7, 11) is 0. The summed E-state index contributed by atoms with van der Waals surface area (Å²) in [6, 6.07) is 4.87. The number of aromatic nitrogens is 2. The van der Waals surface area contributed by atoms with E-state index in [9.17, 15) is 0 Å². The van der Waals surface area contributed by atoms with Crippen molar-refractivity contribution >= 4 is 16.6 Å². The first-order chi connectivity index (χ1) is 9.28. The van der Waals surface area contributed by atoms with Crippen LogP contribution in [0.5, 0.6) is 0 Å². The van der Waals surface area contributed by atoms with Crippen LogP contribution in [0.2, 0.25) is 0 Å². The molecule has 1 unspecified atom stereocenters. The molecule has 1 aromatic heterocycles. The first kappa shape index (κ1) is 10.4. The van der Waals surface area contributed by atoms with Crippen LogP contribution in [0, 0.1) is 0 Å². The minimum atomic E-state index is 0.539. The molecular formula is C14H20N4. The molecule has 4 heteroatoms. The van der Waals surface area contributed by atoms with Crippen LogP contribution >= 0.6 is 0 Å². The predicted molar refractivity (Wildman–Crippen MR) is 75.0 cm³/mol. The molecule has 0 saturated carbocycles. The minimum Gasteiger partial charge on any atom is -0.368 e. The van der Waals surface area contributed by atoms with Crippen LogP contribution in [0.25, 0.3) is 10.9 Å². The summed E-state index contributed by atoms with van der Waals surface area (Å²) >= 11 is 0.